The highest BCUT2D eigenvalue weighted by Crippen LogP contribution is 2.26. The highest BCUT2D eigenvalue weighted by atomic mass is 16.5. The first kappa shape index (κ1) is 13.0. The Morgan fingerprint density at radius 3 is 2.45 bits per heavy atom. The van der Waals surface area contributed by atoms with Crippen molar-refractivity contribution in [3.63, 3.8) is 0 Å². The molecule has 3 rings (SSSR count). The second-order valence-corrected chi connectivity index (χ2v) is 5.31. The van der Waals surface area contributed by atoms with Gasteiger partial charge < -0.3 is 15.8 Å². The second-order valence-electron chi connectivity index (χ2n) is 5.31. The molecule has 1 aliphatic rings. The average molecular weight is 268 g/mol. The lowest BCUT2D eigenvalue weighted by molar-refractivity contribution is 0.156. The topological polar surface area (TPSA) is 47.3 Å². The van der Waals surface area contributed by atoms with Crippen LogP contribution in [0.25, 0.3) is 0 Å². The molecule has 0 radical (unpaired) electrons. The molecule has 0 amide bonds. The average Bonchev–Trinajstić information content (AvgIpc) is 2.51. The van der Waals surface area contributed by atoms with Gasteiger partial charge in [-0.15, -0.1) is 0 Å². The van der Waals surface area contributed by atoms with Gasteiger partial charge in [-0.25, -0.2) is 0 Å². The van der Waals surface area contributed by atoms with Crippen LogP contribution in [0.2, 0.25) is 0 Å². The summed E-state index contributed by atoms with van der Waals surface area (Å²) in [5, 5.41) is 3.47. The molecule has 0 bridgehead atoms. The first-order chi connectivity index (χ1) is 9.81. The molecule has 0 aromatic heterocycles. The fourth-order valence-electron chi connectivity index (χ4n) is 2.71. The van der Waals surface area contributed by atoms with Crippen LogP contribution in [0.1, 0.15) is 17.9 Å². The van der Waals surface area contributed by atoms with E-state index in [0.29, 0.717) is 5.92 Å². The van der Waals surface area contributed by atoms with E-state index in [9.17, 15) is 0 Å². The number of nitrogen functional groups attached to an aromatic ring is 1. The highest BCUT2D eigenvalue weighted by Gasteiger charge is 2.24. The van der Waals surface area contributed by atoms with Crippen LogP contribution in [0.5, 0.6) is 5.75 Å². The van der Waals surface area contributed by atoms with E-state index in [4.69, 9.17) is 10.5 Å². The molecule has 1 saturated heterocycles. The number of nitrogens with one attached hydrogen (secondary N) is 1. The van der Waals surface area contributed by atoms with Gasteiger partial charge in [0.1, 0.15) is 11.9 Å². The maximum Gasteiger partial charge on any atom is 0.119 e. The second kappa shape index (κ2) is 5.97. The van der Waals surface area contributed by atoms with Gasteiger partial charge in [0.05, 0.1) is 0 Å². The number of hydrogen-bond acceptors (Lipinski definition) is 3. The third-order valence-corrected chi connectivity index (χ3v) is 3.76. The van der Waals surface area contributed by atoms with Crippen molar-refractivity contribution in [3.05, 3.63) is 60.2 Å². The number of rotatable bonds is 3. The molecule has 0 aliphatic carbocycles. The minimum absolute atomic E-state index is 0.206. The van der Waals surface area contributed by atoms with Crippen molar-refractivity contribution in [1.82, 2.24) is 5.32 Å². The van der Waals surface area contributed by atoms with Crippen LogP contribution in [0.3, 0.4) is 0 Å². The molecule has 0 spiro atoms. The Labute approximate surface area is 119 Å². The molecule has 0 saturated carbocycles. The van der Waals surface area contributed by atoms with E-state index in [1.807, 2.05) is 24.3 Å². The van der Waals surface area contributed by atoms with Crippen molar-refractivity contribution >= 4 is 5.69 Å². The molecule has 2 aromatic carbocycles. The zero-order chi connectivity index (χ0) is 13.8. The van der Waals surface area contributed by atoms with E-state index >= 15 is 0 Å². The third-order valence-electron chi connectivity index (χ3n) is 3.76. The van der Waals surface area contributed by atoms with Gasteiger partial charge in [0, 0.05) is 18.8 Å². The highest BCUT2D eigenvalue weighted by molar-refractivity contribution is 5.41. The SMILES string of the molecule is Nc1ccc(OC2CNCC(c3ccccc3)C2)cc1. The van der Waals surface area contributed by atoms with Crippen LogP contribution in [0.4, 0.5) is 5.69 Å². The molecule has 1 fully saturated rings. The Hall–Kier alpha value is -2.00. The largest absolute Gasteiger partial charge is 0.489 e. The van der Waals surface area contributed by atoms with Gasteiger partial charge in [0.15, 0.2) is 0 Å². The Morgan fingerprint density at radius 2 is 1.70 bits per heavy atom. The normalized spacial score (nSPS) is 22.4. The number of nitrogens with two attached hydrogens (primary N) is 1. The van der Waals surface area contributed by atoms with Gasteiger partial charge in [-0.3, -0.25) is 0 Å². The number of ether oxygens (including phenoxy) is 1. The van der Waals surface area contributed by atoms with Gasteiger partial charge >= 0.3 is 0 Å². The van der Waals surface area contributed by atoms with E-state index in [1.165, 1.54) is 5.56 Å². The maximum absolute atomic E-state index is 6.04. The summed E-state index contributed by atoms with van der Waals surface area (Å²) < 4.78 is 6.04. The molecular weight excluding hydrogens is 248 g/mol. The van der Waals surface area contributed by atoms with E-state index < -0.39 is 0 Å². The summed E-state index contributed by atoms with van der Waals surface area (Å²) in [6.07, 6.45) is 1.25. The van der Waals surface area contributed by atoms with Crippen molar-refractivity contribution in [2.24, 2.45) is 0 Å². The predicted molar refractivity (Wildman–Crippen MR) is 81.9 cm³/mol. The van der Waals surface area contributed by atoms with Crippen LogP contribution in [0, 0.1) is 0 Å². The van der Waals surface area contributed by atoms with E-state index in [0.717, 1.165) is 30.9 Å². The Bertz CT molecular complexity index is 539. The fraction of sp³-hybridized carbons (Fsp3) is 0.294. The number of anilines is 1. The quantitative estimate of drug-likeness (QED) is 0.842. The van der Waals surface area contributed by atoms with Crippen molar-refractivity contribution in [1.29, 1.82) is 0 Å². The number of piperidine rings is 1. The van der Waals surface area contributed by atoms with Crippen molar-refractivity contribution in [2.45, 2.75) is 18.4 Å². The Morgan fingerprint density at radius 1 is 0.950 bits per heavy atom. The third kappa shape index (κ3) is 3.11. The Kier molecular flexibility index (Phi) is 3.88. The summed E-state index contributed by atoms with van der Waals surface area (Å²) in [7, 11) is 0. The molecule has 1 aliphatic heterocycles. The van der Waals surface area contributed by atoms with Gasteiger partial charge in [0.2, 0.25) is 0 Å². The maximum atomic E-state index is 6.04. The minimum Gasteiger partial charge on any atom is -0.489 e. The van der Waals surface area contributed by atoms with Crippen LogP contribution in [-0.2, 0) is 0 Å². The summed E-state index contributed by atoms with van der Waals surface area (Å²) >= 11 is 0. The summed E-state index contributed by atoms with van der Waals surface area (Å²) in [5.74, 6) is 1.41. The lowest BCUT2D eigenvalue weighted by atomic mass is 9.90. The van der Waals surface area contributed by atoms with Gasteiger partial charge in [0.25, 0.3) is 0 Å². The zero-order valence-electron chi connectivity index (χ0n) is 11.5. The molecule has 3 N–H and O–H groups in total. The van der Waals surface area contributed by atoms with Gasteiger partial charge in [-0.1, -0.05) is 30.3 Å². The minimum atomic E-state index is 0.206. The first-order valence-electron chi connectivity index (χ1n) is 7.09. The summed E-state index contributed by atoms with van der Waals surface area (Å²) in [6.45, 7) is 1.92. The molecular formula is C17H20N2O. The molecule has 3 heteroatoms. The fourth-order valence-corrected chi connectivity index (χ4v) is 2.71. The molecule has 1 heterocycles. The molecule has 104 valence electrons. The van der Waals surface area contributed by atoms with Gasteiger partial charge in [-0.05, 0) is 42.2 Å². The predicted octanol–water partition coefficient (Wildman–Crippen LogP) is 2.79. The van der Waals surface area contributed by atoms with E-state index in [-0.39, 0.29) is 6.10 Å². The molecule has 3 nitrogen and oxygen atoms in total. The molecule has 2 unspecified atom stereocenters. The molecule has 2 atom stereocenters. The lowest BCUT2D eigenvalue weighted by Gasteiger charge is -2.30. The van der Waals surface area contributed by atoms with Crippen molar-refractivity contribution in [2.75, 3.05) is 18.8 Å². The molecule has 20 heavy (non-hydrogen) atoms. The van der Waals surface area contributed by atoms with Crippen molar-refractivity contribution < 1.29 is 4.74 Å². The van der Waals surface area contributed by atoms with Crippen LogP contribution < -0.4 is 15.8 Å². The van der Waals surface area contributed by atoms with Crippen molar-refractivity contribution in [3.8, 4) is 5.75 Å². The molecule has 2 aromatic rings. The van der Waals surface area contributed by atoms with E-state index in [1.54, 1.807) is 0 Å². The summed E-state index contributed by atoms with van der Waals surface area (Å²) in [5.41, 5.74) is 7.84. The standard InChI is InChI=1S/C17H20N2O/c18-15-6-8-16(9-7-15)20-17-10-14(11-19-12-17)13-4-2-1-3-5-13/h1-9,14,17,19H,10-12,18H2. The van der Waals surface area contributed by atoms with Crippen LogP contribution in [0.15, 0.2) is 54.6 Å². The lowest BCUT2D eigenvalue weighted by Crippen LogP contribution is -2.41. The first-order valence-corrected chi connectivity index (χ1v) is 7.09. The summed E-state index contributed by atoms with van der Waals surface area (Å²) in [6, 6.07) is 18.3. The summed E-state index contributed by atoms with van der Waals surface area (Å²) in [4.78, 5) is 0. The Balaban J connectivity index is 1.65. The monoisotopic (exact) mass is 268 g/mol. The van der Waals surface area contributed by atoms with Crippen LogP contribution >= 0.6 is 0 Å². The number of benzene rings is 2. The zero-order valence-corrected chi connectivity index (χ0v) is 11.5. The van der Waals surface area contributed by atoms with Crippen LogP contribution in [-0.4, -0.2) is 19.2 Å². The van der Waals surface area contributed by atoms with Gasteiger partial charge in [-0.2, -0.15) is 0 Å². The smallest absolute Gasteiger partial charge is 0.119 e. The van der Waals surface area contributed by atoms with E-state index in [2.05, 4.69) is 35.6 Å². The number of hydrogen-bond donors (Lipinski definition) is 2.